The molecule has 6 heteroatoms. The number of para-hydroxylation sites is 2. The predicted octanol–water partition coefficient (Wildman–Crippen LogP) is 1.31. The van der Waals surface area contributed by atoms with E-state index < -0.39 is 5.97 Å². The molecule has 1 aromatic heterocycles. The number of aromatic nitrogens is 2. The number of nitrogens with zero attached hydrogens (tertiary/aromatic N) is 3. The van der Waals surface area contributed by atoms with Gasteiger partial charge < -0.3 is 15.4 Å². The summed E-state index contributed by atoms with van der Waals surface area (Å²) < 4.78 is 6.31. The molecule has 0 bridgehead atoms. The monoisotopic (exact) mass is 260 g/mol. The number of imidazole rings is 1. The van der Waals surface area contributed by atoms with Gasteiger partial charge in [-0.05, 0) is 12.1 Å². The molecule has 0 saturated carbocycles. The smallest absolute Gasteiger partial charge is 0.360 e. The number of carbonyl (C=O) groups is 1. The molecule has 2 N–H and O–H groups in total. The standard InChI is InChI=1S/C13H16N4O2/c1-16(2)9-6-4-5-7-10(9)17-8-15-11(12(17)14)13(18)19-3/h4-8H,14H2,1-3H3. The van der Waals surface area contributed by atoms with E-state index in [9.17, 15) is 4.79 Å². The highest BCUT2D eigenvalue weighted by Gasteiger charge is 2.18. The van der Waals surface area contributed by atoms with Gasteiger partial charge in [0, 0.05) is 14.1 Å². The zero-order chi connectivity index (χ0) is 14.0. The van der Waals surface area contributed by atoms with Crippen LogP contribution in [0.2, 0.25) is 0 Å². The van der Waals surface area contributed by atoms with Gasteiger partial charge in [0.1, 0.15) is 12.1 Å². The third-order valence-electron chi connectivity index (χ3n) is 2.81. The molecule has 0 aliphatic rings. The van der Waals surface area contributed by atoms with Crippen molar-refractivity contribution in [2.24, 2.45) is 0 Å². The molecule has 1 heterocycles. The number of hydrogen-bond donors (Lipinski definition) is 1. The molecule has 0 atom stereocenters. The number of esters is 1. The van der Waals surface area contributed by atoms with Gasteiger partial charge in [-0.1, -0.05) is 12.1 Å². The second-order valence-corrected chi connectivity index (χ2v) is 4.22. The van der Waals surface area contributed by atoms with E-state index in [1.807, 2.05) is 43.3 Å². The first-order valence-electron chi connectivity index (χ1n) is 5.74. The Morgan fingerprint density at radius 1 is 1.37 bits per heavy atom. The van der Waals surface area contributed by atoms with Crippen LogP contribution in [-0.2, 0) is 4.74 Å². The zero-order valence-electron chi connectivity index (χ0n) is 11.1. The summed E-state index contributed by atoms with van der Waals surface area (Å²) in [5.74, 6) is -0.278. The normalized spacial score (nSPS) is 10.3. The molecular weight excluding hydrogens is 244 g/mol. The first-order valence-corrected chi connectivity index (χ1v) is 5.74. The molecule has 100 valence electrons. The highest BCUT2D eigenvalue weighted by Crippen LogP contribution is 2.26. The molecule has 0 saturated heterocycles. The van der Waals surface area contributed by atoms with E-state index in [-0.39, 0.29) is 11.5 Å². The van der Waals surface area contributed by atoms with Crippen molar-refractivity contribution < 1.29 is 9.53 Å². The maximum atomic E-state index is 11.5. The molecule has 2 aromatic rings. The summed E-state index contributed by atoms with van der Waals surface area (Å²) in [6.45, 7) is 0. The summed E-state index contributed by atoms with van der Waals surface area (Å²) in [5, 5.41) is 0. The van der Waals surface area contributed by atoms with E-state index in [2.05, 4.69) is 9.72 Å². The molecular formula is C13H16N4O2. The van der Waals surface area contributed by atoms with Crippen LogP contribution < -0.4 is 10.6 Å². The Hall–Kier alpha value is -2.50. The molecule has 19 heavy (non-hydrogen) atoms. The Kier molecular flexibility index (Phi) is 3.41. The zero-order valence-corrected chi connectivity index (χ0v) is 11.1. The fourth-order valence-corrected chi connectivity index (χ4v) is 1.85. The lowest BCUT2D eigenvalue weighted by Crippen LogP contribution is -2.13. The van der Waals surface area contributed by atoms with E-state index >= 15 is 0 Å². The van der Waals surface area contributed by atoms with Crippen LogP contribution in [0.5, 0.6) is 0 Å². The van der Waals surface area contributed by atoms with Crippen molar-refractivity contribution >= 4 is 17.5 Å². The van der Waals surface area contributed by atoms with Crippen molar-refractivity contribution in [1.29, 1.82) is 0 Å². The minimum Gasteiger partial charge on any atom is -0.464 e. The third kappa shape index (κ3) is 2.24. The van der Waals surface area contributed by atoms with Gasteiger partial charge in [-0.15, -0.1) is 0 Å². The van der Waals surface area contributed by atoms with Crippen LogP contribution in [0.1, 0.15) is 10.5 Å². The lowest BCUT2D eigenvalue weighted by atomic mass is 10.2. The largest absolute Gasteiger partial charge is 0.464 e. The average molecular weight is 260 g/mol. The van der Waals surface area contributed by atoms with Crippen molar-refractivity contribution in [2.75, 3.05) is 31.8 Å². The Bertz CT molecular complexity index is 604. The van der Waals surface area contributed by atoms with Gasteiger partial charge >= 0.3 is 5.97 Å². The van der Waals surface area contributed by atoms with Crippen LogP contribution in [0, 0.1) is 0 Å². The van der Waals surface area contributed by atoms with E-state index in [1.54, 1.807) is 4.57 Å². The van der Waals surface area contributed by atoms with Gasteiger partial charge in [-0.3, -0.25) is 4.57 Å². The molecule has 0 radical (unpaired) electrons. The van der Waals surface area contributed by atoms with Crippen molar-refractivity contribution in [3.05, 3.63) is 36.3 Å². The summed E-state index contributed by atoms with van der Waals surface area (Å²) in [6.07, 6.45) is 1.52. The summed E-state index contributed by atoms with van der Waals surface area (Å²) in [5.41, 5.74) is 7.91. The lowest BCUT2D eigenvalue weighted by Gasteiger charge is -2.18. The quantitative estimate of drug-likeness (QED) is 0.842. The second-order valence-electron chi connectivity index (χ2n) is 4.22. The summed E-state index contributed by atoms with van der Waals surface area (Å²) in [6, 6.07) is 7.72. The first-order chi connectivity index (χ1) is 9.06. The van der Waals surface area contributed by atoms with Gasteiger partial charge in [0.05, 0.1) is 18.5 Å². The average Bonchev–Trinajstić information content (AvgIpc) is 2.79. The number of methoxy groups -OCH3 is 1. The van der Waals surface area contributed by atoms with Gasteiger partial charge in [0.15, 0.2) is 5.69 Å². The minimum atomic E-state index is -0.543. The van der Waals surface area contributed by atoms with Gasteiger partial charge in [0.25, 0.3) is 0 Å². The minimum absolute atomic E-state index is 0.121. The van der Waals surface area contributed by atoms with Crippen LogP contribution in [-0.4, -0.2) is 36.7 Å². The van der Waals surface area contributed by atoms with Gasteiger partial charge in [0.2, 0.25) is 0 Å². The Morgan fingerprint density at radius 3 is 2.68 bits per heavy atom. The van der Waals surface area contributed by atoms with Crippen LogP contribution in [0.3, 0.4) is 0 Å². The maximum absolute atomic E-state index is 11.5. The van der Waals surface area contributed by atoms with Crippen LogP contribution in [0.15, 0.2) is 30.6 Å². The highest BCUT2D eigenvalue weighted by atomic mass is 16.5. The molecule has 0 unspecified atom stereocenters. The summed E-state index contributed by atoms with van der Waals surface area (Å²) in [4.78, 5) is 17.5. The van der Waals surface area contributed by atoms with Crippen LogP contribution in [0.4, 0.5) is 11.5 Å². The molecule has 2 rings (SSSR count). The number of nitrogens with two attached hydrogens (primary N) is 1. The fourth-order valence-electron chi connectivity index (χ4n) is 1.85. The molecule has 0 spiro atoms. The third-order valence-corrected chi connectivity index (χ3v) is 2.81. The molecule has 0 aliphatic carbocycles. The van der Waals surface area contributed by atoms with Crippen molar-refractivity contribution in [3.63, 3.8) is 0 Å². The van der Waals surface area contributed by atoms with Crippen molar-refractivity contribution in [2.45, 2.75) is 0 Å². The number of hydrogen-bond acceptors (Lipinski definition) is 5. The van der Waals surface area contributed by atoms with Crippen LogP contribution >= 0.6 is 0 Å². The van der Waals surface area contributed by atoms with Gasteiger partial charge in [-0.2, -0.15) is 0 Å². The number of nitrogen functional groups attached to an aromatic ring is 1. The Morgan fingerprint density at radius 2 is 2.05 bits per heavy atom. The molecule has 0 amide bonds. The second kappa shape index (κ2) is 5.01. The van der Waals surface area contributed by atoms with E-state index in [0.717, 1.165) is 11.4 Å². The van der Waals surface area contributed by atoms with Crippen molar-refractivity contribution in [1.82, 2.24) is 9.55 Å². The molecule has 1 aromatic carbocycles. The highest BCUT2D eigenvalue weighted by molar-refractivity contribution is 5.92. The predicted molar refractivity (Wildman–Crippen MR) is 73.6 cm³/mol. The molecule has 6 nitrogen and oxygen atoms in total. The number of rotatable bonds is 3. The van der Waals surface area contributed by atoms with E-state index in [0.29, 0.717) is 0 Å². The fraction of sp³-hybridized carbons (Fsp3) is 0.231. The maximum Gasteiger partial charge on any atom is 0.360 e. The number of anilines is 2. The number of benzene rings is 1. The van der Waals surface area contributed by atoms with E-state index in [1.165, 1.54) is 13.4 Å². The lowest BCUT2D eigenvalue weighted by molar-refractivity contribution is 0.0596. The molecule has 0 aliphatic heterocycles. The molecule has 0 fully saturated rings. The first kappa shape index (κ1) is 12.9. The number of carbonyl (C=O) groups excluding carboxylic acids is 1. The van der Waals surface area contributed by atoms with Crippen molar-refractivity contribution in [3.8, 4) is 5.69 Å². The van der Waals surface area contributed by atoms with E-state index in [4.69, 9.17) is 5.73 Å². The summed E-state index contributed by atoms with van der Waals surface area (Å²) >= 11 is 0. The number of ether oxygens (including phenoxy) is 1. The topological polar surface area (TPSA) is 73.4 Å². The van der Waals surface area contributed by atoms with Gasteiger partial charge in [-0.25, -0.2) is 9.78 Å². The summed E-state index contributed by atoms with van der Waals surface area (Å²) in [7, 11) is 5.18. The Balaban J connectivity index is 2.55. The van der Waals surface area contributed by atoms with Crippen LogP contribution in [0.25, 0.3) is 5.69 Å². The SMILES string of the molecule is COC(=O)c1ncn(-c2ccccc2N(C)C)c1N. The Labute approximate surface area is 111 Å².